The second-order valence-electron chi connectivity index (χ2n) is 13.5. The third-order valence-corrected chi connectivity index (χ3v) is 8.83. The predicted octanol–water partition coefficient (Wildman–Crippen LogP) is 6.71. The van der Waals surface area contributed by atoms with Gasteiger partial charge < -0.3 is 30.5 Å². The molecule has 1 aromatic heterocycles. The smallest absolute Gasteiger partial charge is 0.329 e. The molecule has 1 fully saturated rings. The van der Waals surface area contributed by atoms with Crippen molar-refractivity contribution in [3.05, 3.63) is 96.4 Å². The van der Waals surface area contributed by atoms with Gasteiger partial charge in [-0.3, -0.25) is 14.6 Å². The molecule has 4 N–H and O–H groups in total. The summed E-state index contributed by atoms with van der Waals surface area (Å²) in [6.07, 6.45) is 37.8. The molecule has 2 heterocycles. The summed E-state index contributed by atoms with van der Waals surface area (Å²) in [5.41, 5.74) is 1.92. The highest BCUT2D eigenvalue weighted by atomic mass is 16.6. The fraction of sp³-hybridized carbons (Fsp3) is 0.545. The first-order valence-electron chi connectivity index (χ1n) is 20.0. The van der Waals surface area contributed by atoms with Crippen molar-refractivity contribution in [2.24, 2.45) is 0 Å². The summed E-state index contributed by atoms with van der Waals surface area (Å²) in [6, 6.07) is 3.05. The van der Waals surface area contributed by atoms with Gasteiger partial charge in [-0.25, -0.2) is 4.79 Å². The Balaban J connectivity index is 1.62. The molecule has 2 amide bonds. The summed E-state index contributed by atoms with van der Waals surface area (Å²) in [6.45, 7) is 4.90. The van der Waals surface area contributed by atoms with Crippen LogP contribution in [-0.2, 0) is 25.5 Å². The maximum Gasteiger partial charge on any atom is 0.329 e. The normalized spacial score (nSPS) is 14.6. The molecular weight excluding hydrogens is 681 g/mol. The number of pyridine rings is 1. The van der Waals surface area contributed by atoms with Crippen LogP contribution in [-0.4, -0.2) is 89.4 Å². The van der Waals surface area contributed by atoms with Gasteiger partial charge in [-0.05, 0) is 102 Å². The van der Waals surface area contributed by atoms with Crippen LogP contribution in [0.4, 0.5) is 0 Å². The summed E-state index contributed by atoms with van der Waals surface area (Å²) >= 11 is 0. The number of hydrogen-bond donors (Lipinski definition) is 4. The highest BCUT2D eigenvalue weighted by molar-refractivity contribution is 5.85. The fourth-order valence-corrected chi connectivity index (χ4v) is 5.68. The Morgan fingerprint density at radius 2 is 1.48 bits per heavy atom. The lowest BCUT2D eigenvalue weighted by molar-refractivity contribution is -0.157. The van der Waals surface area contributed by atoms with E-state index in [1.54, 1.807) is 12.3 Å². The molecule has 1 atom stereocenters. The average molecular weight is 747 g/mol. The standard InChI is InChI=1S/C44H66N4O6/c1-2-3-4-5-6-7-8-9-10-11-12-13-14-15-16-17-18-26-42(51)45-31-20-19-25-41(44(53)54-40(36-49)37-50)47-43(52)27-23-24-38-28-29-39(46-35-38)30-34-48-32-21-22-33-48/h3-4,6-7,9-10,12-13,15-16,23-24,28-29,35,40-41,49-50H,2,5,8,11,14,17-22,25-27,30-34,36-37H2,1H3,(H,45,51)(H,47,52)/b4-3-,7-6-,10-9-,13-12-,16-15-,24-23+/t41-/m0/s1. The molecule has 10 heteroatoms. The Bertz CT molecular complexity index is 1340. The molecule has 54 heavy (non-hydrogen) atoms. The largest absolute Gasteiger partial charge is 0.456 e. The molecule has 1 aromatic rings. The maximum atomic E-state index is 12.8. The summed E-state index contributed by atoms with van der Waals surface area (Å²) in [5, 5.41) is 24.4. The maximum absolute atomic E-state index is 12.8. The lowest BCUT2D eigenvalue weighted by Crippen LogP contribution is -2.43. The minimum Gasteiger partial charge on any atom is -0.456 e. The van der Waals surface area contributed by atoms with Crippen molar-refractivity contribution >= 4 is 23.9 Å². The lowest BCUT2D eigenvalue weighted by Gasteiger charge is -2.20. The number of aliphatic hydroxyl groups is 2. The molecule has 1 aliphatic rings. The van der Waals surface area contributed by atoms with Crippen LogP contribution < -0.4 is 10.6 Å². The molecule has 0 spiro atoms. The molecule has 0 aromatic carbocycles. The molecule has 1 aliphatic heterocycles. The highest BCUT2D eigenvalue weighted by Crippen LogP contribution is 2.11. The van der Waals surface area contributed by atoms with Gasteiger partial charge in [0.25, 0.3) is 0 Å². The first-order valence-corrected chi connectivity index (χ1v) is 20.0. The van der Waals surface area contributed by atoms with Crippen LogP contribution in [0.3, 0.4) is 0 Å². The molecule has 1 saturated heterocycles. The van der Waals surface area contributed by atoms with Gasteiger partial charge in [0, 0.05) is 44.2 Å². The SMILES string of the molecule is CC/C=C\C/C=C\C/C=C\C/C=C\C/C=C\CCCC(=O)NCCCC[C@H](NC(=O)C/C=C/c1ccc(CCN2CCCC2)nc1)C(=O)OC(CO)CO. The number of allylic oxidation sites excluding steroid dienone is 10. The number of esters is 1. The number of rotatable bonds is 29. The van der Waals surface area contributed by atoms with Crippen molar-refractivity contribution in [1.29, 1.82) is 0 Å². The minimum absolute atomic E-state index is 0.0148. The number of nitrogens with zero attached hydrogens (tertiary/aromatic N) is 2. The summed E-state index contributed by atoms with van der Waals surface area (Å²) < 4.78 is 5.20. The molecule has 2 rings (SSSR count). The van der Waals surface area contributed by atoms with Crippen LogP contribution in [0.25, 0.3) is 6.08 Å². The zero-order valence-corrected chi connectivity index (χ0v) is 32.6. The van der Waals surface area contributed by atoms with Crippen molar-refractivity contribution in [3.8, 4) is 0 Å². The number of nitrogens with one attached hydrogen (secondary N) is 2. The van der Waals surface area contributed by atoms with Gasteiger partial charge in [-0.2, -0.15) is 0 Å². The first-order chi connectivity index (χ1) is 26.4. The van der Waals surface area contributed by atoms with E-state index in [4.69, 9.17) is 4.74 Å². The summed E-state index contributed by atoms with van der Waals surface area (Å²) in [7, 11) is 0. The van der Waals surface area contributed by atoms with E-state index in [1.165, 1.54) is 12.8 Å². The van der Waals surface area contributed by atoms with Gasteiger partial charge in [0.2, 0.25) is 11.8 Å². The van der Waals surface area contributed by atoms with Gasteiger partial charge in [-0.15, -0.1) is 0 Å². The van der Waals surface area contributed by atoms with E-state index in [1.807, 2.05) is 18.2 Å². The van der Waals surface area contributed by atoms with Crippen molar-refractivity contribution in [1.82, 2.24) is 20.5 Å². The molecule has 10 nitrogen and oxygen atoms in total. The third-order valence-electron chi connectivity index (χ3n) is 8.83. The third kappa shape index (κ3) is 23.5. The number of unbranched alkanes of at least 4 members (excludes halogenated alkanes) is 2. The zero-order chi connectivity index (χ0) is 38.9. The van der Waals surface area contributed by atoms with Crippen molar-refractivity contribution < 1.29 is 29.3 Å². The van der Waals surface area contributed by atoms with Crippen LogP contribution >= 0.6 is 0 Å². The summed E-state index contributed by atoms with van der Waals surface area (Å²) in [5.74, 6) is -1.08. The van der Waals surface area contributed by atoms with Crippen LogP contribution in [0, 0.1) is 0 Å². The Hall–Kier alpha value is -4.12. The van der Waals surface area contributed by atoms with E-state index in [2.05, 4.69) is 88.2 Å². The van der Waals surface area contributed by atoms with Crippen LogP contribution in [0.2, 0.25) is 0 Å². The number of amides is 2. The Labute approximate surface area is 324 Å². The van der Waals surface area contributed by atoms with Crippen molar-refractivity contribution in [2.45, 2.75) is 115 Å². The van der Waals surface area contributed by atoms with E-state index in [9.17, 15) is 24.6 Å². The lowest BCUT2D eigenvalue weighted by atomic mass is 10.1. The molecule has 0 radical (unpaired) electrons. The Morgan fingerprint density at radius 3 is 2.09 bits per heavy atom. The molecule has 298 valence electrons. The van der Waals surface area contributed by atoms with E-state index in [-0.39, 0.29) is 18.2 Å². The van der Waals surface area contributed by atoms with Gasteiger partial charge >= 0.3 is 5.97 Å². The van der Waals surface area contributed by atoms with Crippen LogP contribution in [0.15, 0.2) is 85.2 Å². The quantitative estimate of drug-likeness (QED) is 0.0403. The molecule has 0 bridgehead atoms. The molecular formula is C44H66N4O6. The van der Waals surface area contributed by atoms with E-state index in [0.29, 0.717) is 32.2 Å². The second-order valence-corrected chi connectivity index (χ2v) is 13.5. The van der Waals surface area contributed by atoms with E-state index >= 15 is 0 Å². The predicted molar refractivity (Wildman–Crippen MR) is 218 cm³/mol. The monoisotopic (exact) mass is 746 g/mol. The number of carbonyl (C=O) groups is 3. The van der Waals surface area contributed by atoms with Gasteiger partial charge in [0.05, 0.1) is 13.2 Å². The van der Waals surface area contributed by atoms with Crippen LogP contribution in [0.1, 0.15) is 108 Å². The number of carbonyl (C=O) groups excluding carboxylic acids is 3. The van der Waals surface area contributed by atoms with E-state index < -0.39 is 31.3 Å². The minimum atomic E-state index is -1.06. The van der Waals surface area contributed by atoms with Gasteiger partial charge in [-0.1, -0.05) is 85.9 Å². The number of aromatic nitrogens is 1. The Morgan fingerprint density at radius 1 is 0.833 bits per heavy atom. The fourth-order valence-electron chi connectivity index (χ4n) is 5.68. The highest BCUT2D eigenvalue weighted by Gasteiger charge is 2.24. The number of aliphatic hydroxyl groups excluding tert-OH is 2. The first kappa shape index (κ1) is 46.0. The molecule has 0 aliphatic carbocycles. The topological polar surface area (TPSA) is 141 Å². The van der Waals surface area contributed by atoms with Crippen molar-refractivity contribution in [3.63, 3.8) is 0 Å². The second kappa shape index (κ2) is 31.3. The van der Waals surface area contributed by atoms with Gasteiger partial charge in [0.1, 0.15) is 12.1 Å². The number of hydrogen-bond acceptors (Lipinski definition) is 8. The van der Waals surface area contributed by atoms with E-state index in [0.717, 1.165) is 82.3 Å². The molecule has 0 saturated carbocycles. The number of likely N-dealkylation sites (tertiary alicyclic amines) is 1. The average Bonchev–Trinajstić information content (AvgIpc) is 3.71. The zero-order valence-electron chi connectivity index (χ0n) is 32.6. The number of ether oxygens (including phenoxy) is 1. The van der Waals surface area contributed by atoms with Gasteiger partial charge in [0.15, 0.2) is 0 Å². The van der Waals surface area contributed by atoms with Crippen molar-refractivity contribution in [2.75, 3.05) is 39.4 Å². The molecule has 0 unspecified atom stereocenters. The van der Waals surface area contributed by atoms with Crippen LogP contribution in [0.5, 0.6) is 0 Å². The summed E-state index contributed by atoms with van der Waals surface area (Å²) in [4.78, 5) is 44.9. The Kier molecular flexibility index (Phi) is 26.6.